The normalized spacial score (nSPS) is 17.4. The zero-order chi connectivity index (χ0) is 15.7. The lowest BCUT2D eigenvalue weighted by Gasteiger charge is -2.26. The van der Waals surface area contributed by atoms with Crippen LogP contribution in [0.15, 0.2) is 60.6 Å². The average Bonchev–Trinajstić information content (AvgIpc) is 2.84. The zero-order valence-electron chi connectivity index (χ0n) is 13.1. The number of nitrogens with zero attached hydrogens (tertiary/aromatic N) is 3. The molecule has 2 aromatic carbocycles. The van der Waals surface area contributed by atoms with E-state index in [1.54, 1.807) is 0 Å². The maximum absolute atomic E-state index is 7.44. The van der Waals surface area contributed by atoms with Gasteiger partial charge in [-0.25, -0.2) is 0 Å². The first-order chi connectivity index (χ1) is 10.6. The van der Waals surface area contributed by atoms with Crippen molar-refractivity contribution in [3.63, 3.8) is 0 Å². The van der Waals surface area contributed by atoms with Crippen LogP contribution in [0.3, 0.4) is 0 Å². The molecule has 2 aromatic rings. The highest BCUT2D eigenvalue weighted by molar-refractivity contribution is 5.72. The first kappa shape index (κ1) is 14.2. The molecule has 3 rings (SSSR count). The number of hydrogen-bond donors (Lipinski definition) is 0. The van der Waals surface area contributed by atoms with Crippen molar-refractivity contribution in [1.82, 2.24) is 4.90 Å². The fourth-order valence-electron chi connectivity index (χ4n) is 2.81. The molecule has 0 N–H and O–H groups in total. The highest BCUT2D eigenvalue weighted by Gasteiger charge is 2.31. The second-order valence-corrected chi connectivity index (χ2v) is 5.63. The van der Waals surface area contributed by atoms with Gasteiger partial charge in [-0.1, -0.05) is 49.0 Å². The van der Waals surface area contributed by atoms with Gasteiger partial charge in [0.2, 0.25) is 5.82 Å². The lowest BCUT2D eigenvalue weighted by atomic mass is 10.0. The number of benzene rings is 2. The Morgan fingerprint density at radius 2 is 1.77 bits per heavy atom. The predicted molar refractivity (Wildman–Crippen MR) is 91.0 cm³/mol. The summed E-state index contributed by atoms with van der Waals surface area (Å²) in [5.74, 6) is 0.670. The van der Waals surface area contributed by atoms with E-state index in [1.165, 1.54) is 16.7 Å². The summed E-state index contributed by atoms with van der Waals surface area (Å²) in [7, 11) is 2.01. The minimum atomic E-state index is 0.147. The second-order valence-electron chi connectivity index (χ2n) is 5.63. The summed E-state index contributed by atoms with van der Waals surface area (Å²) in [4.78, 5) is 7.86. The minimum absolute atomic E-state index is 0.147. The van der Waals surface area contributed by atoms with Crippen LogP contribution >= 0.6 is 0 Å². The summed E-state index contributed by atoms with van der Waals surface area (Å²) in [5, 5.41) is 0. The van der Waals surface area contributed by atoms with Crippen LogP contribution in [0.2, 0.25) is 0 Å². The van der Waals surface area contributed by atoms with Crippen molar-refractivity contribution in [3.05, 3.63) is 77.5 Å². The Morgan fingerprint density at radius 3 is 2.45 bits per heavy atom. The number of hydrogen-bond acceptors (Lipinski definition) is 2. The van der Waals surface area contributed by atoms with E-state index in [4.69, 9.17) is 6.57 Å². The van der Waals surface area contributed by atoms with Gasteiger partial charge in [-0.05, 0) is 36.6 Å². The molecule has 1 aliphatic heterocycles. The molecule has 0 fully saturated rings. The summed E-state index contributed by atoms with van der Waals surface area (Å²) in [6.07, 6.45) is 2.06. The average molecular weight is 289 g/mol. The molecule has 1 aliphatic rings. The molecule has 22 heavy (non-hydrogen) atoms. The maximum atomic E-state index is 7.44. The molecular formula is C19H19N3. The fourth-order valence-corrected chi connectivity index (χ4v) is 2.81. The van der Waals surface area contributed by atoms with Gasteiger partial charge in [0, 0.05) is 13.2 Å². The molecule has 0 radical (unpaired) electrons. The topological polar surface area (TPSA) is 10.8 Å². The van der Waals surface area contributed by atoms with E-state index in [0.29, 0.717) is 5.82 Å². The second kappa shape index (κ2) is 5.57. The molecule has 1 atom stereocenters. The molecule has 0 unspecified atom stereocenters. The Hall–Kier alpha value is -2.73. The Bertz CT molecular complexity index is 756. The summed E-state index contributed by atoms with van der Waals surface area (Å²) in [6.45, 7) is 11.6. The third kappa shape index (κ3) is 2.33. The number of anilines is 1. The van der Waals surface area contributed by atoms with Crippen LogP contribution in [-0.4, -0.2) is 18.1 Å². The van der Waals surface area contributed by atoms with Crippen molar-refractivity contribution in [2.24, 2.45) is 0 Å². The van der Waals surface area contributed by atoms with Gasteiger partial charge in [-0.3, -0.25) is 4.90 Å². The van der Waals surface area contributed by atoms with Gasteiger partial charge < -0.3 is 9.74 Å². The van der Waals surface area contributed by atoms with Crippen molar-refractivity contribution >= 4 is 5.69 Å². The molecule has 0 aromatic heterocycles. The van der Waals surface area contributed by atoms with Crippen LogP contribution in [-0.2, 0) is 0 Å². The van der Waals surface area contributed by atoms with Crippen LogP contribution < -0.4 is 4.90 Å². The monoisotopic (exact) mass is 289 g/mol. The van der Waals surface area contributed by atoms with Gasteiger partial charge in [0.1, 0.15) is 5.69 Å². The molecule has 3 nitrogen and oxygen atoms in total. The molecule has 0 saturated carbocycles. The highest BCUT2D eigenvalue weighted by Crippen LogP contribution is 2.34. The molecule has 0 spiro atoms. The van der Waals surface area contributed by atoms with E-state index in [0.717, 1.165) is 5.69 Å². The fraction of sp³-hybridized carbons (Fsp3) is 0.211. The van der Waals surface area contributed by atoms with E-state index in [1.807, 2.05) is 31.4 Å². The third-order valence-corrected chi connectivity index (χ3v) is 4.22. The van der Waals surface area contributed by atoms with Crippen molar-refractivity contribution in [3.8, 4) is 11.1 Å². The van der Waals surface area contributed by atoms with Crippen molar-refractivity contribution < 1.29 is 0 Å². The number of aryl methyl sites for hydroxylation is 1. The van der Waals surface area contributed by atoms with Crippen molar-refractivity contribution in [2.75, 3.05) is 11.9 Å². The van der Waals surface area contributed by atoms with Gasteiger partial charge in [0.05, 0.1) is 0 Å². The Kier molecular flexibility index (Phi) is 3.60. The van der Waals surface area contributed by atoms with Crippen LogP contribution in [0.1, 0.15) is 12.5 Å². The molecular weight excluding hydrogens is 270 g/mol. The molecule has 110 valence electrons. The summed E-state index contributed by atoms with van der Waals surface area (Å²) >= 11 is 0. The third-order valence-electron chi connectivity index (χ3n) is 4.22. The summed E-state index contributed by atoms with van der Waals surface area (Å²) < 4.78 is 0. The van der Waals surface area contributed by atoms with Crippen LogP contribution in [0.5, 0.6) is 0 Å². The van der Waals surface area contributed by atoms with Gasteiger partial charge in [0.25, 0.3) is 0 Å². The van der Waals surface area contributed by atoms with Crippen molar-refractivity contribution in [1.29, 1.82) is 0 Å². The Balaban J connectivity index is 2.08. The summed E-state index contributed by atoms with van der Waals surface area (Å²) in [6, 6.07) is 16.8. The van der Waals surface area contributed by atoms with Gasteiger partial charge in [0.15, 0.2) is 6.17 Å². The van der Waals surface area contributed by atoms with E-state index in [9.17, 15) is 0 Å². The molecule has 0 amide bonds. The quantitative estimate of drug-likeness (QED) is 0.755. The first-order valence-electron chi connectivity index (χ1n) is 7.38. The molecule has 0 aliphatic carbocycles. The molecule has 0 bridgehead atoms. The Labute approximate surface area is 131 Å². The largest absolute Gasteiger partial charge is 0.363 e. The van der Waals surface area contributed by atoms with Gasteiger partial charge in [-0.15, -0.1) is 0 Å². The SMILES string of the molecule is [C-]#[N+]C1=CN(C)[C@H](C)N1c1cc(-c2ccccc2)ccc1C. The number of rotatable bonds is 2. The van der Waals surface area contributed by atoms with E-state index in [-0.39, 0.29) is 6.17 Å². The predicted octanol–water partition coefficient (Wildman–Crippen LogP) is 4.48. The van der Waals surface area contributed by atoms with Crippen molar-refractivity contribution in [2.45, 2.75) is 20.0 Å². The lowest BCUT2D eigenvalue weighted by molar-refractivity contribution is 0.382. The van der Waals surface area contributed by atoms with Gasteiger partial charge in [-0.2, -0.15) is 0 Å². The standard InChI is InChI=1S/C19H19N3/c1-14-10-11-17(16-8-6-5-7-9-16)12-18(14)22-15(2)21(4)13-19(22)20-3/h5-13,15H,1-2,4H3/t15-/m0/s1. The van der Waals surface area contributed by atoms with Crippen LogP contribution in [0.25, 0.3) is 16.0 Å². The van der Waals surface area contributed by atoms with Gasteiger partial charge >= 0.3 is 0 Å². The van der Waals surface area contributed by atoms with Crippen LogP contribution in [0.4, 0.5) is 5.69 Å². The minimum Gasteiger partial charge on any atom is -0.363 e. The van der Waals surface area contributed by atoms with Crippen LogP contribution in [0, 0.1) is 13.5 Å². The zero-order valence-corrected chi connectivity index (χ0v) is 13.1. The summed E-state index contributed by atoms with van der Waals surface area (Å²) in [5.41, 5.74) is 4.64. The maximum Gasteiger partial charge on any atom is 0.247 e. The molecule has 1 heterocycles. The van der Waals surface area contributed by atoms with E-state index >= 15 is 0 Å². The van der Waals surface area contributed by atoms with E-state index in [2.05, 4.69) is 58.8 Å². The molecule has 3 heteroatoms. The molecule has 0 saturated heterocycles. The van der Waals surface area contributed by atoms with E-state index < -0.39 is 0 Å². The smallest absolute Gasteiger partial charge is 0.247 e. The Morgan fingerprint density at radius 1 is 1.05 bits per heavy atom. The highest BCUT2D eigenvalue weighted by atomic mass is 15.4. The lowest BCUT2D eigenvalue weighted by Crippen LogP contribution is -2.35. The first-order valence-corrected chi connectivity index (χ1v) is 7.38.